The first-order chi connectivity index (χ1) is 18.7. The van der Waals surface area contributed by atoms with Gasteiger partial charge in [-0.25, -0.2) is 9.99 Å². The highest BCUT2D eigenvalue weighted by molar-refractivity contribution is 6.32. The van der Waals surface area contributed by atoms with Gasteiger partial charge < -0.3 is 10.7 Å². The fourth-order valence-corrected chi connectivity index (χ4v) is 5.21. The van der Waals surface area contributed by atoms with Gasteiger partial charge in [0, 0.05) is 44.1 Å². The summed E-state index contributed by atoms with van der Waals surface area (Å²) in [6.07, 6.45) is -0.181. The fraction of sp³-hybridized carbons (Fsp3) is 0.267. The highest BCUT2D eigenvalue weighted by Crippen LogP contribution is 2.42. The predicted octanol–water partition coefficient (Wildman–Crippen LogP) is 7.53. The van der Waals surface area contributed by atoms with Crippen LogP contribution >= 0.6 is 11.6 Å². The number of benzene rings is 2. The molecule has 1 aliphatic carbocycles. The number of hydrogen-bond donors (Lipinski definition) is 2. The van der Waals surface area contributed by atoms with Gasteiger partial charge in [0.1, 0.15) is 5.82 Å². The van der Waals surface area contributed by atoms with Crippen molar-refractivity contribution in [3.05, 3.63) is 106 Å². The van der Waals surface area contributed by atoms with E-state index in [9.17, 15) is 13.2 Å². The zero-order chi connectivity index (χ0) is 27.6. The van der Waals surface area contributed by atoms with Gasteiger partial charge in [0.05, 0.1) is 16.3 Å². The van der Waals surface area contributed by atoms with Crippen molar-refractivity contribution in [2.45, 2.75) is 39.4 Å². The zero-order valence-corrected chi connectivity index (χ0v) is 22.5. The van der Waals surface area contributed by atoms with Crippen molar-refractivity contribution in [3.8, 4) is 11.1 Å². The van der Waals surface area contributed by atoms with Gasteiger partial charge in [-0.2, -0.15) is 13.2 Å². The number of alkyl halides is 3. The smallest absolute Gasteiger partial charge is 0.367 e. The molecule has 0 atom stereocenters. The number of pyridine rings is 2. The first-order valence-electron chi connectivity index (χ1n) is 12.9. The van der Waals surface area contributed by atoms with Gasteiger partial charge in [0.15, 0.2) is 0 Å². The van der Waals surface area contributed by atoms with Crippen LogP contribution in [0.4, 0.5) is 24.7 Å². The Kier molecular flexibility index (Phi) is 7.77. The molecule has 39 heavy (non-hydrogen) atoms. The molecule has 0 unspecified atom stereocenters. The molecule has 5 nitrogen and oxygen atoms in total. The maximum absolute atomic E-state index is 13.0. The first kappa shape index (κ1) is 27.0. The summed E-state index contributed by atoms with van der Waals surface area (Å²) >= 11 is 6.11. The average molecular weight is 552 g/mol. The van der Waals surface area contributed by atoms with Crippen molar-refractivity contribution in [2.75, 3.05) is 23.8 Å². The molecule has 2 aromatic carbocycles. The Morgan fingerprint density at radius 1 is 1.03 bits per heavy atom. The van der Waals surface area contributed by atoms with Gasteiger partial charge in [0.2, 0.25) is 0 Å². The molecule has 4 aromatic rings. The second-order valence-electron chi connectivity index (χ2n) is 9.63. The third-order valence-corrected chi connectivity index (χ3v) is 7.19. The minimum atomic E-state index is -4.49. The molecular formula is C30H29ClF3N5. The molecule has 0 fully saturated rings. The standard InChI is InChI=1S/C30H29ClF3N5/c1-3-21-8-9-25-24-7-5-4-6-22(24)15-26(25)28(21)38-39(18-20-10-11-35-19(2)14-20)13-12-36-29-27(31)16-23(17-37-29)30(32,33)34/h4-11,14,16-17,38H,3,12-13,15,18H2,1-2H3,(H,36,37). The number of halogens is 4. The number of hydrazine groups is 1. The quantitative estimate of drug-likeness (QED) is 0.185. The van der Waals surface area contributed by atoms with Crippen LogP contribution < -0.4 is 10.7 Å². The van der Waals surface area contributed by atoms with Crippen molar-refractivity contribution in [1.82, 2.24) is 15.0 Å². The summed E-state index contributed by atoms with van der Waals surface area (Å²) in [5, 5.41) is 5.14. The highest BCUT2D eigenvalue weighted by Gasteiger charge is 2.31. The number of fused-ring (bicyclic) bond motifs is 3. The zero-order valence-electron chi connectivity index (χ0n) is 21.7. The second-order valence-corrected chi connectivity index (χ2v) is 10.0. The Morgan fingerprint density at radius 2 is 1.85 bits per heavy atom. The molecule has 2 N–H and O–H groups in total. The topological polar surface area (TPSA) is 53.1 Å². The van der Waals surface area contributed by atoms with E-state index in [2.05, 4.69) is 69.0 Å². The molecular weight excluding hydrogens is 523 g/mol. The van der Waals surface area contributed by atoms with Gasteiger partial charge in [-0.15, -0.1) is 0 Å². The van der Waals surface area contributed by atoms with Crippen LogP contribution in [-0.4, -0.2) is 28.1 Å². The molecule has 9 heteroatoms. The molecule has 0 amide bonds. The average Bonchev–Trinajstić information content (AvgIpc) is 3.28. The van der Waals surface area contributed by atoms with Crippen LogP contribution in [0.5, 0.6) is 0 Å². The maximum Gasteiger partial charge on any atom is 0.417 e. The van der Waals surface area contributed by atoms with E-state index in [0.29, 0.717) is 19.6 Å². The van der Waals surface area contributed by atoms with Crippen LogP contribution in [0.1, 0.15) is 40.4 Å². The van der Waals surface area contributed by atoms with Crippen LogP contribution in [0.15, 0.2) is 67.0 Å². The Hall–Kier alpha value is -3.62. The van der Waals surface area contributed by atoms with Crippen molar-refractivity contribution in [2.24, 2.45) is 0 Å². The lowest BCUT2D eigenvalue weighted by Crippen LogP contribution is -2.35. The summed E-state index contributed by atoms with van der Waals surface area (Å²) in [4.78, 5) is 8.22. The molecule has 202 valence electrons. The molecule has 0 spiro atoms. The fourth-order valence-electron chi connectivity index (χ4n) is 4.98. The lowest BCUT2D eigenvalue weighted by molar-refractivity contribution is -0.137. The number of nitrogens with one attached hydrogen (secondary N) is 2. The van der Waals surface area contributed by atoms with E-state index in [1.165, 1.54) is 27.8 Å². The van der Waals surface area contributed by atoms with Gasteiger partial charge in [0.25, 0.3) is 0 Å². The predicted molar refractivity (Wildman–Crippen MR) is 150 cm³/mol. The lowest BCUT2D eigenvalue weighted by Gasteiger charge is -2.28. The third kappa shape index (κ3) is 6.02. The van der Waals surface area contributed by atoms with E-state index in [4.69, 9.17) is 11.6 Å². The van der Waals surface area contributed by atoms with Crippen LogP contribution in [0.3, 0.4) is 0 Å². The largest absolute Gasteiger partial charge is 0.417 e. The van der Waals surface area contributed by atoms with Gasteiger partial charge in [-0.05, 0) is 64.9 Å². The third-order valence-electron chi connectivity index (χ3n) is 6.90. The minimum Gasteiger partial charge on any atom is -0.367 e. The molecule has 5 rings (SSSR count). The highest BCUT2D eigenvalue weighted by atomic mass is 35.5. The van der Waals surface area contributed by atoms with E-state index in [-0.39, 0.29) is 10.8 Å². The van der Waals surface area contributed by atoms with E-state index in [1.54, 1.807) is 6.20 Å². The Balaban J connectivity index is 1.39. The Bertz CT molecular complexity index is 1490. The molecule has 2 heterocycles. The summed E-state index contributed by atoms with van der Waals surface area (Å²) in [6.45, 7) is 5.63. The number of hydrogen-bond acceptors (Lipinski definition) is 5. The number of aryl methyl sites for hydroxylation is 2. The summed E-state index contributed by atoms with van der Waals surface area (Å²) in [7, 11) is 0. The van der Waals surface area contributed by atoms with E-state index in [0.717, 1.165) is 42.0 Å². The van der Waals surface area contributed by atoms with Crippen LogP contribution in [0.25, 0.3) is 11.1 Å². The number of aromatic nitrogens is 2. The normalized spacial score (nSPS) is 12.4. The molecule has 0 aliphatic heterocycles. The van der Waals surface area contributed by atoms with E-state index >= 15 is 0 Å². The maximum atomic E-state index is 13.0. The van der Waals surface area contributed by atoms with Crippen molar-refractivity contribution in [1.29, 1.82) is 0 Å². The second kappa shape index (κ2) is 11.2. The Labute approximate surface area is 231 Å². The molecule has 0 bridgehead atoms. The van der Waals surface area contributed by atoms with Crippen LogP contribution in [-0.2, 0) is 25.6 Å². The molecule has 0 saturated carbocycles. The van der Waals surface area contributed by atoms with Gasteiger partial charge in [-0.1, -0.05) is 54.9 Å². The van der Waals surface area contributed by atoms with E-state index in [1.807, 2.05) is 19.1 Å². The summed E-state index contributed by atoms with van der Waals surface area (Å²) in [6, 6.07) is 17.8. The SMILES string of the molecule is CCc1ccc2c(c1NN(CCNc1ncc(C(F)(F)F)cc1Cl)Cc1ccnc(C)c1)Cc1ccccc1-2. The number of rotatable bonds is 9. The molecule has 0 radical (unpaired) electrons. The minimum absolute atomic E-state index is 0.0685. The Morgan fingerprint density at radius 3 is 2.59 bits per heavy atom. The van der Waals surface area contributed by atoms with Crippen LogP contribution in [0, 0.1) is 6.92 Å². The van der Waals surface area contributed by atoms with Crippen molar-refractivity contribution in [3.63, 3.8) is 0 Å². The lowest BCUT2D eigenvalue weighted by atomic mass is 9.99. The van der Waals surface area contributed by atoms with Gasteiger partial charge in [-0.3, -0.25) is 4.98 Å². The molecule has 0 saturated heterocycles. The van der Waals surface area contributed by atoms with E-state index < -0.39 is 11.7 Å². The van der Waals surface area contributed by atoms with Crippen molar-refractivity contribution >= 4 is 23.1 Å². The summed E-state index contributed by atoms with van der Waals surface area (Å²) < 4.78 is 39.0. The monoisotopic (exact) mass is 551 g/mol. The summed E-state index contributed by atoms with van der Waals surface area (Å²) in [5.41, 5.74) is 12.3. The van der Waals surface area contributed by atoms with Crippen molar-refractivity contribution < 1.29 is 13.2 Å². The number of anilines is 2. The summed E-state index contributed by atoms with van der Waals surface area (Å²) in [5.74, 6) is 0.217. The van der Waals surface area contributed by atoms with Gasteiger partial charge >= 0.3 is 6.18 Å². The molecule has 1 aliphatic rings. The number of nitrogens with zero attached hydrogens (tertiary/aromatic N) is 3. The first-order valence-corrected chi connectivity index (χ1v) is 13.2. The van der Waals surface area contributed by atoms with Crippen LogP contribution in [0.2, 0.25) is 5.02 Å². The molecule has 2 aromatic heterocycles.